The van der Waals surface area contributed by atoms with Crippen molar-refractivity contribution in [1.29, 1.82) is 0 Å². The summed E-state index contributed by atoms with van der Waals surface area (Å²) in [5, 5.41) is 0. The third kappa shape index (κ3) is 3.23. The van der Waals surface area contributed by atoms with E-state index in [2.05, 4.69) is 16.7 Å². The van der Waals surface area contributed by atoms with Crippen molar-refractivity contribution in [2.24, 2.45) is 5.73 Å². The van der Waals surface area contributed by atoms with Crippen molar-refractivity contribution in [3.05, 3.63) is 0 Å². The first-order chi connectivity index (χ1) is 8.72. The van der Waals surface area contributed by atoms with Crippen LogP contribution in [0.1, 0.15) is 45.4 Å². The summed E-state index contributed by atoms with van der Waals surface area (Å²) in [6.45, 7) is 6.12. The number of nitrogens with two attached hydrogens (primary N) is 1. The van der Waals surface area contributed by atoms with Crippen molar-refractivity contribution in [1.82, 2.24) is 9.80 Å². The summed E-state index contributed by atoms with van der Waals surface area (Å²) in [5.41, 5.74) is 5.48. The minimum absolute atomic E-state index is 0.334. The Hall–Kier alpha value is -0.610. The third-order valence-electron chi connectivity index (χ3n) is 4.35. The summed E-state index contributed by atoms with van der Waals surface area (Å²) in [6.07, 6.45) is 6.49. The van der Waals surface area contributed by atoms with Gasteiger partial charge in [0.2, 0.25) is 5.91 Å². The second-order valence-corrected chi connectivity index (χ2v) is 5.79. The Kier molecular flexibility index (Phi) is 5.01. The summed E-state index contributed by atoms with van der Waals surface area (Å²) < 4.78 is 0. The third-order valence-corrected chi connectivity index (χ3v) is 4.35. The van der Waals surface area contributed by atoms with Crippen LogP contribution in [-0.4, -0.2) is 54.0 Å². The molecule has 2 atom stereocenters. The summed E-state index contributed by atoms with van der Waals surface area (Å²) >= 11 is 0. The number of hydrogen-bond acceptors (Lipinski definition) is 3. The van der Waals surface area contributed by atoms with Crippen molar-refractivity contribution in [3.63, 3.8) is 0 Å². The average molecular weight is 253 g/mol. The van der Waals surface area contributed by atoms with Crippen molar-refractivity contribution in [2.75, 3.05) is 26.2 Å². The van der Waals surface area contributed by atoms with Gasteiger partial charge >= 0.3 is 0 Å². The van der Waals surface area contributed by atoms with Gasteiger partial charge in [0.15, 0.2) is 0 Å². The molecule has 4 nitrogen and oxygen atoms in total. The summed E-state index contributed by atoms with van der Waals surface area (Å²) in [6, 6.07) is 0.998. The number of carbonyl (C=O) groups is 1. The van der Waals surface area contributed by atoms with Gasteiger partial charge in [0.1, 0.15) is 0 Å². The number of carbonyl (C=O) groups excluding carboxylic acids is 1. The van der Waals surface area contributed by atoms with Crippen LogP contribution in [0.3, 0.4) is 0 Å². The standard InChI is InChI=1S/C14H27N3O/c1-12-10-16-9-5-3-6-13(16)11-17(12)14(18)7-2-4-8-15/h12-13H,2-11,15H2,1H3. The molecule has 0 aliphatic carbocycles. The second kappa shape index (κ2) is 6.53. The Morgan fingerprint density at radius 3 is 2.89 bits per heavy atom. The zero-order valence-corrected chi connectivity index (χ0v) is 11.6. The zero-order valence-electron chi connectivity index (χ0n) is 11.6. The number of rotatable bonds is 4. The molecule has 2 unspecified atom stereocenters. The molecular weight excluding hydrogens is 226 g/mol. The van der Waals surface area contributed by atoms with Gasteiger partial charge < -0.3 is 10.6 Å². The number of piperidine rings is 1. The number of nitrogens with zero attached hydrogens (tertiary/aromatic N) is 2. The van der Waals surface area contributed by atoms with Crippen LogP contribution in [0, 0.1) is 0 Å². The quantitative estimate of drug-likeness (QED) is 0.766. The molecule has 0 spiro atoms. The van der Waals surface area contributed by atoms with E-state index >= 15 is 0 Å². The topological polar surface area (TPSA) is 49.6 Å². The van der Waals surface area contributed by atoms with Crippen molar-refractivity contribution in [3.8, 4) is 0 Å². The first kappa shape index (κ1) is 13.8. The maximum Gasteiger partial charge on any atom is 0.222 e. The fourth-order valence-electron chi connectivity index (χ4n) is 3.26. The van der Waals surface area contributed by atoms with Gasteiger partial charge in [-0.15, -0.1) is 0 Å². The fraction of sp³-hybridized carbons (Fsp3) is 0.929. The molecule has 0 aromatic carbocycles. The molecule has 4 heteroatoms. The van der Waals surface area contributed by atoms with Crippen molar-refractivity contribution in [2.45, 2.75) is 57.5 Å². The predicted molar refractivity (Wildman–Crippen MR) is 73.3 cm³/mol. The molecule has 0 bridgehead atoms. The van der Waals surface area contributed by atoms with E-state index in [0.29, 0.717) is 31.0 Å². The molecule has 2 rings (SSSR count). The molecule has 0 aromatic heterocycles. The molecule has 2 fully saturated rings. The van der Waals surface area contributed by atoms with Crippen LogP contribution in [0.5, 0.6) is 0 Å². The summed E-state index contributed by atoms with van der Waals surface area (Å²) in [7, 11) is 0. The maximum absolute atomic E-state index is 12.2. The molecule has 2 N–H and O–H groups in total. The van der Waals surface area contributed by atoms with Crippen LogP contribution in [0.25, 0.3) is 0 Å². The fourth-order valence-corrected chi connectivity index (χ4v) is 3.26. The van der Waals surface area contributed by atoms with E-state index in [0.717, 1.165) is 25.9 Å². The Bertz CT molecular complexity index is 282. The van der Waals surface area contributed by atoms with Crippen LogP contribution < -0.4 is 5.73 Å². The Balaban J connectivity index is 1.86. The van der Waals surface area contributed by atoms with Crippen LogP contribution in [-0.2, 0) is 4.79 Å². The lowest BCUT2D eigenvalue weighted by Crippen LogP contribution is -2.60. The lowest BCUT2D eigenvalue weighted by Gasteiger charge is -2.47. The van der Waals surface area contributed by atoms with Gasteiger partial charge in [-0.05, 0) is 45.7 Å². The smallest absolute Gasteiger partial charge is 0.222 e. The van der Waals surface area contributed by atoms with Crippen LogP contribution in [0.15, 0.2) is 0 Å². The first-order valence-corrected chi connectivity index (χ1v) is 7.46. The molecule has 2 saturated heterocycles. The van der Waals surface area contributed by atoms with Gasteiger partial charge in [-0.1, -0.05) is 6.42 Å². The van der Waals surface area contributed by atoms with Gasteiger partial charge in [0, 0.05) is 31.6 Å². The highest BCUT2D eigenvalue weighted by molar-refractivity contribution is 5.76. The number of unbranched alkanes of at least 4 members (excludes halogenated alkanes) is 1. The summed E-state index contributed by atoms with van der Waals surface area (Å²) in [4.78, 5) is 16.9. The highest BCUT2D eigenvalue weighted by Crippen LogP contribution is 2.24. The monoisotopic (exact) mass is 253 g/mol. The lowest BCUT2D eigenvalue weighted by molar-refractivity contribution is -0.138. The number of hydrogen-bond donors (Lipinski definition) is 1. The van der Waals surface area contributed by atoms with Crippen molar-refractivity contribution >= 4 is 5.91 Å². The first-order valence-electron chi connectivity index (χ1n) is 7.46. The SMILES string of the molecule is CC1CN2CCCCC2CN1C(=O)CCCCN. The molecule has 0 radical (unpaired) electrons. The van der Waals surface area contributed by atoms with E-state index in [-0.39, 0.29) is 0 Å². The minimum Gasteiger partial charge on any atom is -0.337 e. The van der Waals surface area contributed by atoms with Crippen LogP contribution in [0.2, 0.25) is 0 Å². The van der Waals surface area contributed by atoms with E-state index in [4.69, 9.17) is 5.73 Å². The van der Waals surface area contributed by atoms with E-state index in [1.165, 1.54) is 25.8 Å². The van der Waals surface area contributed by atoms with E-state index in [9.17, 15) is 4.79 Å². The van der Waals surface area contributed by atoms with E-state index in [1.807, 2.05) is 0 Å². The predicted octanol–water partition coefficient (Wildman–Crippen LogP) is 1.20. The van der Waals surface area contributed by atoms with Gasteiger partial charge in [-0.3, -0.25) is 9.69 Å². The lowest BCUT2D eigenvalue weighted by atomic mass is 9.97. The highest BCUT2D eigenvalue weighted by Gasteiger charge is 2.34. The van der Waals surface area contributed by atoms with Crippen molar-refractivity contribution < 1.29 is 4.79 Å². The Morgan fingerprint density at radius 2 is 2.11 bits per heavy atom. The molecule has 2 aliphatic rings. The molecule has 0 aromatic rings. The van der Waals surface area contributed by atoms with E-state index < -0.39 is 0 Å². The molecule has 18 heavy (non-hydrogen) atoms. The molecule has 0 saturated carbocycles. The number of piperazine rings is 1. The average Bonchev–Trinajstić information content (AvgIpc) is 2.38. The zero-order chi connectivity index (χ0) is 13.0. The largest absolute Gasteiger partial charge is 0.337 e. The van der Waals surface area contributed by atoms with Crippen LogP contribution in [0.4, 0.5) is 0 Å². The van der Waals surface area contributed by atoms with Gasteiger partial charge in [-0.25, -0.2) is 0 Å². The Labute approximate surface area is 110 Å². The van der Waals surface area contributed by atoms with Gasteiger partial charge in [-0.2, -0.15) is 0 Å². The maximum atomic E-state index is 12.2. The highest BCUT2D eigenvalue weighted by atomic mass is 16.2. The number of fused-ring (bicyclic) bond motifs is 1. The molecule has 2 aliphatic heterocycles. The normalized spacial score (nSPS) is 29.1. The van der Waals surface area contributed by atoms with Gasteiger partial charge in [0.25, 0.3) is 0 Å². The van der Waals surface area contributed by atoms with Gasteiger partial charge in [0.05, 0.1) is 0 Å². The summed E-state index contributed by atoms with van der Waals surface area (Å²) in [5.74, 6) is 0.334. The Morgan fingerprint density at radius 1 is 1.28 bits per heavy atom. The molecular formula is C14H27N3O. The minimum atomic E-state index is 0.334. The second-order valence-electron chi connectivity index (χ2n) is 5.79. The van der Waals surface area contributed by atoms with Crippen LogP contribution >= 0.6 is 0 Å². The van der Waals surface area contributed by atoms with E-state index in [1.54, 1.807) is 0 Å². The molecule has 1 amide bonds. The number of amides is 1. The molecule has 104 valence electrons. The molecule has 2 heterocycles.